The number of H-pyrrole nitrogens is 1. The number of hydrogen-bond donors (Lipinski definition) is 2. The maximum Gasteiger partial charge on any atom is 0.313 e. The summed E-state index contributed by atoms with van der Waals surface area (Å²) in [6.45, 7) is 4.20. The number of carboxylic acid groups (broad SMARTS) is 1. The van der Waals surface area contributed by atoms with E-state index in [0.717, 1.165) is 32.9 Å². The van der Waals surface area contributed by atoms with Crippen molar-refractivity contribution in [1.82, 2.24) is 15.0 Å². The molecule has 2 N–H and O–H groups in total. The summed E-state index contributed by atoms with van der Waals surface area (Å²) in [7, 11) is 0. The van der Waals surface area contributed by atoms with E-state index in [9.17, 15) is 4.79 Å². The van der Waals surface area contributed by atoms with Crippen LogP contribution in [0.3, 0.4) is 0 Å². The first-order chi connectivity index (χ1) is 11.0. The number of carboxylic acids is 1. The van der Waals surface area contributed by atoms with Crippen LogP contribution in [0.2, 0.25) is 0 Å². The lowest BCUT2D eigenvalue weighted by Gasteiger charge is -2.04. The second-order valence-electron chi connectivity index (χ2n) is 5.60. The SMILES string of the molecule is CC(C)c1cc(-c2cc3cc(SCC(=O)O)ccc3[nH]2)ncn1. The number of fused-ring (bicyclic) bond motifs is 1. The molecule has 0 unspecified atom stereocenters. The van der Waals surface area contributed by atoms with Gasteiger partial charge < -0.3 is 10.1 Å². The van der Waals surface area contributed by atoms with Crippen molar-refractivity contribution in [1.29, 1.82) is 0 Å². The molecular weight excluding hydrogens is 310 g/mol. The highest BCUT2D eigenvalue weighted by Gasteiger charge is 2.09. The van der Waals surface area contributed by atoms with Crippen molar-refractivity contribution in [3.8, 4) is 11.4 Å². The first-order valence-electron chi connectivity index (χ1n) is 7.32. The Kier molecular flexibility index (Phi) is 4.34. The van der Waals surface area contributed by atoms with Crippen LogP contribution < -0.4 is 0 Å². The topological polar surface area (TPSA) is 78.9 Å². The van der Waals surface area contributed by atoms with Crippen LogP contribution in [0.4, 0.5) is 0 Å². The second-order valence-corrected chi connectivity index (χ2v) is 6.65. The molecule has 0 aliphatic rings. The van der Waals surface area contributed by atoms with Gasteiger partial charge in [-0.1, -0.05) is 13.8 Å². The van der Waals surface area contributed by atoms with E-state index in [1.165, 1.54) is 11.8 Å². The number of nitrogens with zero attached hydrogens (tertiary/aromatic N) is 2. The van der Waals surface area contributed by atoms with Gasteiger partial charge in [0, 0.05) is 21.5 Å². The molecule has 0 saturated carbocycles. The average molecular weight is 327 g/mol. The third kappa shape index (κ3) is 3.53. The predicted molar refractivity (Wildman–Crippen MR) is 91.8 cm³/mol. The molecule has 2 aromatic heterocycles. The number of hydrogen-bond acceptors (Lipinski definition) is 4. The normalized spacial score (nSPS) is 11.3. The Morgan fingerprint density at radius 3 is 2.83 bits per heavy atom. The summed E-state index contributed by atoms with van der Waals surface area (Å²) in [5, 5.41) is 9.81. The van der Waals surface area contributed by atoms with Crippen LogP contribution in [0.25, 0.3) is 22.3 Å². The maximum absolute atomic E-state index is 10.7. The molecule has 3 aromatic rings. The minimum Gasteiger partial charge on any atom is -0.481 e. The molecule has 0 radical (unpaired) electrons. The standard InChI is InChI=1S/C17H17N3O2S/c1-10(2)14-7-15(19-9-18-14)16-6-11-5-12(23-8-17(21)22)3-4-13(11)20-16/h3-7,9-10,20H,8H2,1-2H3,(H,21,22). The Labute approximate surface area is 138 Å². The Hall–Kier alpha value is -2.34. The summed E-state index contributed by atoms with van der Waals surface area (Å²) < 4.78 is 0. The van der Waals surface area contributed by atoms with Crippen LogP contribution in [-0.4, -0.2) is 31.8 Å². The molecule has 0 aliphatic carbocycles. The van der Waals surface area contributed by atoms with Gasteiger partial charge in [0.2, 0.25) is 0 Å². The van der Waals surface area contributed by atoms with Crippen LogP contribution in [0.1, 0.15) is 25.5 Å². The highest BCUT2D eigenvalue weighted by molar-refractivity contribution is 8.00. The van der Waals surface area contributed by atoms with E-state index in [1.54, 1.807) is 6.33 Å². The molecule has 0 saturated heterocycles. The summed E-state index contributed by atoms with van der Waals surface area (Å²) >= 11 is 1.32. The van der Waals surface area contributed by atoms with Crippen LogP contribution >= 0.6 is 11.8 Å². The van der Waals surface area contributed by atoms with Crippen molar-refractivity contribution >= 4 is 28.6 Å². The number of aromatic amines is 1. The van der Waals surface area contributed by atoms with E-state index in [1.807, 2.05) is 30.3 Å². The highest BCUT2D eigenvalue weighted by atomic mass is 32.2. The smallest absolute Gasteiger partial charge is 0.313 e. The van der Waals surface area contributed by atoms with Crippen molar-refractivity contribution in [2.75, 3.05) is 5.75 Å². The van der Waals surface area contributed by atoms with Gasteiger partial charge in [-0.2, -0.15) is 0 Å². The first kappa shape index (κ1) is 15.6. The van der Waals surface area contributed by atoms with E-state index in [4.69, 9.17) is 5.11 Å². The fourth-order valence-corrected chi connectivity index (χ4v) is 2.98. The van der Waals surface area contributed by atoms with Crippen LogP contribution in [0.5, 0.6) is 0 Å². The van der Waals surface area contributed by atoms with Gasteiger partial charge in [0.15, 0.2) is 0 Å². The number of carbonyl (C=O) groups is 1. The number of benzene rings is 1. The number of aromatic nitrogens is 3. The number of nitrogens with one attached hydrogen (secondary N) is 1. The minimum absolute atomic E-state index is 0.0619. The third-order valence-corrected chi connectivity index (χ3v) is 4.49. The molecule has 0 spiro atoms. The van der Waals surface area contributed by atoms with Crippen molar-refractivity contribution in [3.05, 3.63) is 42.4 Å². The summed E-state index contributed by atoms with van der Waals surface area (Å²) in [5.41, 5.74) is 3.81. The van der Waals surface area contributed by atoms with E-state index < -0.39 is 5.97 Å². The van der Waals surface area contributed by atoms with Gasteiger partial charge in [-0.3, -0.25) is 4.79 Å². The minimum atomic E-state index is -0.813. The molecule has 1 aromatic carbocycles. The van der Waals surface area contributed by atoms with Crippen molar-refractivity contribution in [2.24, 2.45) is 0 Å². The number of rotatable bonds is 5. The first-order valence-corrected chi connectivity index (χ1v) is 8.31. The lowest BCUT2D eigenvalue weighted by atomic mass is 10.1. The summed E-state index contributed by atoms with van der Waals surface area (Å²) in [4.78, 5) is 23.6. The fraction of sp³-hybridized carbons (Fsp3) is 0.235. The highest BCUT2D eigenvalue weighted by Crippen LogP contribution is 2.28. The van der Waals surface area contributed by atoms with Crippen LogP contribution in [0, 0.1) is 0 Å². The van der Waals surface area contributed by atoms with Crippen molar-refractivity contribution in [2.45, 2.75) is 24.7 Å². The van der Waals surface area contributed by atoms with Crippen LogP contribution in [0.15, 0.2) is 41.6 Å². The van der Waals surface area contributed by atoms with Crippen molar-refractivity contribution in [3.63, 3.8) is 0 Å². The molecule has 0 atom stereocenters. The van der Waals surface area contributed by atoms with Gasteiger partial charge in [-0.25, -0.2) is 9.97 Å². The quantitative estimate of drug-likeness (QED) is 0.694. The number of thioether (sulfide) groups is 1. The monoisotopic (exact) mass is 327 g/mol. The molecule has 6 heteroatoms. The fourth-order valence-electron chi connectivity index (χ4n) is 2.32. The van der Waals surface area contributed by atoms with E-state index in [2.05, 4.69) is 28.8 Å². The lowest BCUT2D eigenvalue weighted by Crippen LogP contribution is -1.97. The van der Waals surface area contributed by atoms with Gasteiger partial charge in [-0.05, 0) is 36.2 Å². The zero-order valence-electron chi connectivity index (χ0n) is 12.9. The predicted octanol–water partition coefficient (Wildman–Crippen LogP) is 3.93. The van der Waals surface area contributed by atoms with Crippen LogP contribution in [-0.2, 0) is 4.79 Å². The van der Waals surface area contributed by atoms with Gasteiger partial charge in [0.25, 0.3) is 0 Å². The lowest BCUT2D eigenvalue weighted by molar-refractivity contribution is -0.133. The Bertz CT molecular complexity index is 858. The summed E-state index contributed by atoms with van der Waals surface area (Å²) in [6.07, 6.45) is 1.59. The molecule has 0 aliphatic heterocycles. The van der Waals surface area contributed by atoms with Gasteiger partial charge >= 0.3 is 5.97 Å². The largest absolute Gasteiger partial charge is 0.481 e. The summed E-state index contributed by atoms with van der Waals surface area (Å²) in [6, 6.07) is 9.92. The zero-order valence-corrected chi connectivity index (χ0v) is 13.7. The molecule has 5 nitrogen and oxygen atoms in total. The Morgan fingerprint density at radius 1 is 1.26 bits per heavy atom. The molecule has 0 fully saturated rings. The van der Waals surface area contributed by atoms with E-state index >= 15 is 0 Å². The molecule has 3 rings (SSSR count). The molecule has 118 valence electrons. The zero-order chi connectivity index (χ0) is 16.4. The van der Waals surface area contributed by atoms with Gasteiger partial charge in [0.05, 0.1) is 17.1 Å². The van der Waals surface area contributed by atoms with E-state index in [0.29, 0.717) is 5.92 Å². The molecule has 0 bridgehead atoms. The summed E-state index contributed by atoms with van der Waals surface area (Å²) in [5.74, 6) is -0.404. The van der Waals surface area contributed by atoms with Gasteiger partial charge in [0.1, 0.15) is 6.33 Å². The second kappa shape index (κ2) is 6.42. The molecule has 2 heterocycles. The average Bonchev–Trinajstić information content (AvgIpc) is 2.96. The van der Waals surface area contributed by atoms with E-state index in [-0.39, 0.29) is 5.75 Å². The molecular formula is C17H17N3O2S. The number of aliphatic carboxylic acids is 1. The molecule has 0 amide bonds. The Balaban J connectivity index is 1.93. The third-order valence-electron chi connectivity index (χ3n) is 3.51. The van der Waals surface area contributed by atoms with Gasteiger partial charge in [-0.15, -0.1) is 11.8 Å². The maximum atomic E-state index is 10.7. The Morgan fingerprint density at radius 2 is 2.09 bits per heavy atom. The van der Waals surface area contributed by atoms with Crippen molar-refractivity contribution < 1.29 is 9.90 Å². The molecule has 23 heavy (non-hydrogen) atoms.